The molecule has 188 valence electrons. The molecule has 0 unspecified atom stereocenters. The summed E-state index contributed by atoms with van der Waals surface area (Å²) in [5.74, 6) is -1.97. The summed E-state index contributed by atoms with van der Waals surface area (Å²) in [6.45, 7) is 7.29. The summed E-state index contributed by atoms with van der Waals surface area (Å²) in [6, 6.07) is -3.27. The highest BCUT2D eigenvalue weighted by atomic mass is 32.2. The second-order valence-electron chi connectivity index (χ2n) is 8.63. The first-order valence-electron chi connectivity index (χ1n) is 11.3. The monoisotopic (exact) mass is 486 g/mol. The smallest absolute Gasteiger partial charge is 0.328 e. The zero-order valence-corrected chi connectivity index (χ0v) is 21.2. The normalized spacial score (nSPS) is 19.1. The van der Waals surface area contributed by atoms with Crippen LogP contribution in [0.2, 0.25) is 0 Å². The Labute approximate surface area is 200 Å². The summed E-state index contributed by atoms with van der Waals surface area (Å²) in [7, 11) is 1.26. The van der Waals surface area contributed by atoms with E-state index in [-0.39, 0.29) is 24.2 Å². The lowest BCUT2D eigenvalue weighted by Crippen LogP contribution is -2.59. The summed E-state index contributed by atoms with van der Waals surface area (Å²) in [6.07, 6.45) is 3.55. The lowest BCUT2D eigenvalue weighted by molar-refractivity contribution is -0.145. The van der Waals surface area contributed by atoms with Gasteiger partial charge in [-0.25, -0.2) is 4.79 Å². The van der Waals surface area contributed by atoms with E-state index in [4.69, 9.17) is 4.74 Å². The van der Waals surface area contributed by atoms with Gasteiger partial charge in [0.25, 0.3) is 0 Å². The van der Waals surface area contributed by atoms with E-state index in [0.717, 1.165) is 0 Å². The number of carbonyl (C=O) groups is 5. The molecule has 33 heavy (non-hydrogen) atoms. The minimum atomic E-state index is -0.895. The van der Waals surface area contributed by atoms with Crippen molar-refractivity contribution in [3.63, 3.8) is 0 Å². The zero-order valence-electron chi connectivity index (χ0n) is 20.4. The molecule has 0 bridgehead atoms. The quantitative estimate of drug-likeness (QED) is 0.275. The van der Waals surface area contributed by atoms with Crippen molar-refractivity contribution in [1.82, 2.24) is 21.3 Å². The Morgan fingerprint density at radius 2 is 1.73 bits per heavy atom. The van der Waals surface area contributed by atoms with Gasteiger partial charge in [0.1, 0.15) is 24.2 Å². The highest BCUT2D eigenvalue weighted by Crippen LogP contribution is 2.13. The molecule has 0 spiro atoms. The molecule has 1 fully saturated rings. The first-order valence-corrected chi connectivity index (χ1v) is 12.7. The maximum absolute atomic E-state index is 13.1. The van der Waals surface area contributed by atoms with Gasteiger partial charge in [0.05, 0.1) is 7.11 Å². The van der Waals surface area contributed by atoms with Crippen LogP contribution < -0.4 is 21.3 Å². The largest absolute Gasteiger partial charge is 0.467 e. The molecule has 1 rings (SSSR count). The van der Waals surface area contributed by atoms with E-state index in [1.54, 1.807) is 25.6 Å². The second kappa shape index (κ2) is 14.1. The molecule has 0 aromatic heterocycles. The number of carbonyl (C=O) groups excluding carboxylic acids is 5. The number of rotatable bonds is 13. The summed E-state index contributed by atoms with van der Waals surface area (Å²) in [4.78, 5) is 62.2. The van der Waals surface area contributed by atoms with Gasteiger partial charge in [-0.3, -0.25) is 19.2 Å². The molecular formula is C22H38N4O6S. The van der Waals surface area contributed by atoms with Gasteiger partial charge in [-0.1, -0.05) is 34.1 Å². The third-order valence-electron chi connectivity index (χ3n) is 5.76. The van der Waals surface area contributed by atoms with E-state index in [1.165, 1.54) is 7.11 Å². The van der Waals surface area contributed by atoms with Crippen molar-refractivity contribution >= 4 is 41.4 Å². The predicted octanol–water partition coefficient (Wildman–Crippen LogP) is 0.348. The van der Waals surface area contributed by atoms with Crippen molar-refractivity contribution in [2.75, 3.05) is 19.1 Å². The van der Waals surface area contributed by atoms with Gasteiger partial charge in [0, 0.05) is 6.42 Å². The Kier molecular flexibility index (Phi) is 12.2. The first-order chi connectivity index (χ1) is 15.5. The maximum Gasteiger partial charge on any atom is 0.328 e. The Hall–Kier alpha value is -2.30. The van der Waals surface area contributed by atoms with Crippen molar-refractivity contribution in [2.24, 2.45) is 11.8 Å². The number of methoxy groups -OCH3 is 1. The molecule has 5 atom stereocenters. The molecule has 1 saturated heterocycles. The Morgan fingerprint density at radius 1 is 1.09 bits per heavy atom. The zero-order chi connectivity index (χ0) is 25.1. The maximum atomic E-state index is 13.1. The van der Waals surface area contributed by atoms with Gasteiger partial charge in [-0.2, -0.15) is 11.8 Å². The van der Waals surface area contributed by atoms with Crippen LogP contribution in [0.3, 0.4) is 0 Å². The van der Waals surface area contributed by atoms with Crippen LogP contribution in [0.1, 0.15) is 53.4 Å². The number of amides is 4. The fourth-order valence-electron chi connectivity index (χ4n) is 3.43. The third kappa shape index (κ3) is 8.87. The number of ether oxygens (including phenoxy) is 1. The molecule has 4 N–H and O–H groups in total. The van der Waals surface area contributed by atoms with Gasteiger partial charge < -0.3 is 26.0 Å². The molecule has 0 aromatic rings. The van der Waals surface area contributed by atoms with Gasteiger partial charge in [0.15, 0.2) is 0 Å². The average molecular weight is 487 g/mol. The fraction of sp³-hybridized carbons (Fsp3) is 0.773. The van der Waals surface area contributed by atoms with Crippen LogP contribution in [0.25, 0.3) is 0 Å². The molecule has 4 amide bonds. The molecule has 0 aromatic carbocycles. The molecule has 11 heteroatoms. The molecule has 1 aliphatic heterocycles. The summed E-state index contributed by atoms with van der Waals surface area (Å²) in [5.41, 5.74) is 0. The summed E-state index contributed by atoms with van der Waals surface area (Å²) >= 11 is 1.54. The molecule has 0 radical (unpaired) electrons. The van der Waals surface area contributed by atoms with Crippen LogP contribution in [0.4, 0.5) is 0 Å². The van der Waals surface area contributed by atoms with Crippen LogP contribution in [0.5, 0.6) is 0 Å². The molecule has 0 aliphatic carbocycles. The minimum Gasteiger partial charge on any atom is -0.467 e. The number of hydrogen-bond acceptors (Lipinski definition) is 7. The van der Waals surface area contributed by atoms with E-state index < -0.39 is 47.9 Å². The van der Waals surface area contributed by atoms with E-state index in [2.05, 4.69) is 21.3 Å². The topological polar surface area (TPSA) is 143 Å². The van der Waals surface area contributed by atoms with Crippen LogP contribution in [0.15, 0.2) is 0 Å². The SMILES string of the molecule is CC[C@H](C)[C@H](NC(=O)[C@@H](NC(=O)[C@@H]1CCC(=O)N1)C(C)C)C(=O)N[C@@H](CCSC)C(=O)OC. The van der Waals surface area contributed by atoms with Gasteiger partial charge >= 0.3 is 5.97 Å². The minimum absolute atomic E-state index is 0.198. The number of thioether (sulfide) groups is 1. The van der Waals surface area contributed by atoms with Crippen molar-refractivity contribution in [3.05, 3.63) is 0 Å². The number of esters is 1. The van der Waals surface area contributed by atoms with Crippen LogP contribution >= 0.6 is 11.8 Å². The highest BCUT2D eigenvalue weighted by molar-refractivity contribution is 7.98. The highest BCUT2D eigenvalue weighted by Gasteiger charge is 2.35. The number of nitrogens with one attached hydrogen (secondary N) is 4. The molecule has 0 saturated carbocycles. The standard InChI is InChI=1S/C22H38N4O6S/c1-7-13(4)18(21(30)24-15(10-11-33-6)22(31)32-5)26-20(29)17(12(2)3)25-19(28)14-8-9-16(27)23-14/h12-15,17-18H,7-11H2,1-6H3,(H,23,27)(H,24,30)(H,25,28)(H,26,29)/t13-,14-,15-,17-,18-/m0/s1. The van der Waals surface area contributed by atoms with Crippen molar-refractivity contribution in [2.45, 2.75) is 77.5 Å². The van der Waals surface area contributed by atoms with Gasteiger partial charge in [-0.15, -0.1) is 0 Å². The Balaban J connectivity index is 2.93. The third-order valence-corrected chi connectivity index (χ3v) is 6.41. The lowest BCUT2D eigenvalue weighted by Gasteiger charge is -2.29. The molecule has 1 heterocycles. The van der Waals surface area contributed by atoms with E-state index >= 15 is 0 Å². The summed E-state index contributed by atoms with van der Waals surface area (Å²) < 4.78 is 4.80. The van der Waals surface area contributed by atoms with E-state index in [1.807, 2.05) is 20.1 Å². The lowest BCUT2D eigenvalue weighted by atomic mass is 9.96. The van der Waals surface area contributed by atoms with E-state index in [9.17, 15) is 24.0 Å². The van der Waals surface area contributed by atoms with Gasteiger partial charge in [-0.05, 0) is 36.7 Å². The second-order valence-corrected chi connectivity index (χ2v) is 9.61. The van der Waals surface area contributed by atoms with Crippen molar-refractivity contribution in [1.29, 1.82) is 0 Å². The Bertz CT molecular complexity index is 717. The van der Waals surface area contributed by atoms with Crippen LogP contribution in [-0.4, -0.2) is 72.9 Å². The van der Waals surface area contributed by atoms with Crippen LogP contribution in [-0.2, 0) is 28.7 Å². The molecule has 1 aliphatic rings. The van der Waals surface area contributed by atoms with E-state index in [0.29, 0.717) is 25.0 Å². The van der Waals surface area contributed by atoms with Crippen molar-refractivity contribution < 1.29 is 28.7 Å². The van der Waals surface area contributed by atoms with Crippen LogP contribution in [0, 0.1) is 11.8 Å². The molecule has 10 nitrogen and oxygen atoms in total. The Morgan fingerprint density at radius 3 is 2.21 bits per heavy atom. The summed E-state index contributed by atoms with van der Waals surface area (Å²) in [5, 5.41) is 10.8. The average Bonchev–Trinajstić information content (AvgIpc) is 3.23. The first kappa shape index (κ1) is 28.7. The van der Waals surface area contributed by atoms with Crippen molar-refractivity contribution in [3.8, 4) is 0 Å². The predicted molar refractivity (Wildman–Crippen MR) is 126 cm³/mol. The fourth-order valence-corrected chi connectivity index (χ4v) is 3.90. The molecular weight excluding hydrogens is 448 g/mol. The number of hydrogen-bond donors (Lipinski definition) is 4. The van der Waals surface area contributed by atoms with Gasteiger partial charge in [0.2, 0.25) is 23.6 Å².